The molecule has 0 saturated carbocycles. The van der Waals surface area contributed by atoms with Gasteiger partial charge in [-0.1, -0.05) is 6.07 Å². The number of halogens is 2. The first-order valence-electron chi connectivity index (χ1n) is 5.05. The first kappa shape index (κ1) is 13.9. The fourth-order valence-electron chi connectivity index (χ4n) is 1.24. The molecule has 0 radical (unpaired) electrons. The molecule has 17 heavy (non-hydrogen) atoms. The number of nitrogens with one attached hydrogen (secondary N) is 2. The Kier molecular flexibility index (Phi) is 4.83. The molecule has 1 aromatic rings. The van der Waals surface area contributed by atoms with Gasteiger partial charge in [0, 0.05) is 0 Å². The molecule has 0 atom stereocenters. The fraction of sp³-hybridized carbons (Fsp3) is 0.400. The van der Waals surface area contributed by atoms with Gasteiger partial charge in [0.05, 0.1) is 5.75 Å². The molecule has 0 heterocycles. The molecule has 7 heteroatoms. The highest BCUT2D eigenvalue weighted by molar-refractivity contribution is 7.92. The molecule has 0 aliphatic rings. The fourth-order valence-corrected chi connectivity index (χ4v) is 2.37. The van der Waals surface area contributed by atoms with Crippen LogP contribution >= 0.6 is 0 Å². The van der Waals surface area contributed by atoms with Crippen molar-refractivity contribution in [2.45, 2.75) is 6.42 Å². The molecule has 2 N–H and O–H groups in total. The highest BCUT2D eigenvalue weighted by Crippen LogP contribution is 2.19. The zero-order chi connectivity index (χ0) is 12.9. The molecule has 0 aliphatic carbocycles. The lowest BCUT2D eigenvalue weighted by molar-refractivity contribution is 0.581. The number of rotatable bonds is 6. The van der Waals surface area contributed by atoms with Gasteiger partial charge in [-0.3, -0.25) is 4.72 Å². The van der Waals surface area contributed by atoms with Gasteiger partial charge in [-0.25, -0.2) is 17.2 Å². The highest BCUT2D eigenvalue weighted by Gasteiger charge is 2.16. The largest absolute Gasteiger partial charge is 0.320 e. The second kappa shape index (κ2) is 5.92. The SMILES string of the molecule is CNCCCS(=O)(=O)Nc1c(F)cccc1F. The Morgan fingerprint density at radius 3 is 2.35 bits per heavy atom. The van der Waals surface area contributed by atoms with E-state index in [1.165, 1.54) is 6.07 Å². The van der Waals surface area contributed by atoms with Crippen molar-refractivity contribution in [1.29, 1.82) is 0 Å². The topological polar surface area (TPSA) is 58.2 Å². The van der Waals surface area contributed by atoms with Gasteiger partial charge in [0.2, 0.25) is 10.0 Å². The highest BCUT2D eigenvalue weighted by atomic mass is 32.2. The summed E-state index contributed by atoms with van der Waals surface area (Å²) in [5.74, 6) is -2.05. The van der Waals surface area contributed by atoms with Crippen LogP contribution in [0.5, 0.6) is 0 Å². The molecule has 0 aromatic heterocycles. The van der Waals surface area contributed by atoms with Crippen molar-refractivity contribution in [2.24, 2.45) is 0 Å². The summed E-state index contributed by atoms with van der Waals surface area (Å²) in [6, 6.07) is 3.16. The third kappa shape index (κ3) is 4.27. The van der Waals surface area contributed by atoms with Crippen molar-refractivity contribution < 1.29 is 17.2 Å². The van der Waals surface area contributed by atoms with E-state index in [1.54, 1.807) is 7.05 Å². The van der Waals surface area contributed by atoms with Crippen LogP contribution in [0.1, 0.15) is 6.42 Å². The molecule has 0 saturated heterocycles. The van der Waals surface area contributed by atoms with Crippen LogP contribution in [0.15, 0.2) is 18.2 Å². The lowest BCUT2D eigenvalue weighted by Gasteiger charge is -2.09. The van der Waals surface area contributed by atoms with E-state index in [0.717, 1.165) is 12.1 Å². The Balaban J connectivity index is 2.76. The molecule has 0 amide bonds. The summed E-state index contributed by atoms with van der Waals surface area (Å²) in [4.78, 5) is 0. The Morgan fingerprint density at radius 2 is 1.82 bits per heavy atom. The van der Waals surface area contributed by atoms with Crippen LogP contribution in [0.25, 0.3) is 0 Å². The summed E-state index contributed by atoms with van der Waals surface area (Å²) in [7, 11) is -2.03. The molecule has 1 rings (SSSR count). The van der Waals surface area contributed by atoms with Crippen molar-refractivity contribution in [1.82, 2.24) is 5.32 Å². The number of para-hydroxylation sites is 1. The van der Waals surface area contributed by atoms with E-state index in [2.05, 4.69) is 5.32 Å². The lowest BCUT2D eigenvalue weighted by Crippen LogP contribution is -2.21. The molecule has 0 spiro atoms. The van der Waals surface area contributed by atoms with Crippen LogP contribution in [0.3, 0.4) is 0 Å². The summed E-state index contributed by atoms with van der Waals surface area (Å²) in [5.41, 5.74) is -0.628. The third-order valence-electron chi connectivity index (χ3n) is 2.06. The van der Waals surface area contributed by atoms with Crippen LogP contribution in [-0.4, -0.2) is 27.8 Å². The number of sulfonamides is 1. The molecular formula is C10H14F2N2O2S. The predicted octanol–water partition coefficient (Wildman–Crippen LogP) is 1.32. The standard InChI is InChI=1S/C10H14F2N2O2S/c1-13-6-3-7-17(15,16)14-10-8(11)4-2-5-9(10)12/h2,4-5,13-14H,3,6-7H2,1H3. The maximum absolute atomic E-state index is 13.2. The molecular weight excluding hydrogens is 250 g/mol. The maximum atomic E-state index is 13.2. The average molecular weight is 264 g/mol. The van der Waals surface area contributed by atoms with Crippen LogP contribution < -0.4 is 10.0 Å². The zero-order valence-corrected chi connectivity index (χ0v) is 10.2. The van der Waals surface area contributed by atoms with Crippen molar-refractivity contribution in [3.8, 4) is 0 Å². The molecule has 0 bridgehead atoms. The van der Waals surface area contributed by atoms with Gasteiger partial charge >= 0.3 is 0 Å². The number of anilines is 1. The monoisotopic (exact) mass is 264 g/mol. The smallest absolute Gasteiger partial charge is 0.232 e. The number of hydrogen-bond donors (Lipinski definition) is 2. The summed E-state index contributed by atoms with van der Waals surface area (Å²) in [6.45, 7) is 0.515. The molecule has 0 aliphatic heterocycles. The summed E-state index contributed by atoms with van der Waals surface area (Å²) in [6.07, 6.45) is 0.363. The average Bonchev–Trinajstić information content (AvgIpc) is 2.24. The van der Waals surface area contributed by atoms with Crippen LogP contribution in [0, 0.1) is 11.6 Å². The van der Waals surface area contributed by atoms with Crippen LogP contribution in [0.2, 0.25) is 0 Å². The van der Waals surface area contributed by atoms with Gasteiger partial charge < -0.3 is 5.32 Å². The first-order valence-corrected chi connectivity index (χ1v) is 6.70. The quantitative estimate of drug-likeness (QED) is 0.762. The van der Waals surface area contributed by atoms with E-state index in [1.807, 2.05) is 4.72 Å². The summed E-state index contributed by atoms with van der Waals surface area (Å²) < 4.78 is 51.3. The molecule has 0 unspecified atom stereocenters. The van der Waals surface area contributed by atoms with Gasteiger partial charge in [0.15, 0.2) is 0 Å². The van der Waals surface area contributed by atoms with Crippen LogP contribution in [-0.2, 0) is 10.0 Å². The number of hydrogen-bond acceptors (Lipinski definition) is 3. The van der Waals surface area contributed by atoms with Crippen LogP contribution in [0.4, 0.5) is 14.5 Å². The first-order chi connectivity index (χ1) is 7.96. The molecule has 0 fully saturated rings. The van der Waals surface area contributed by atoms with E-state index in [9.17, 15) is 17.2 Å². The third-order valence-corrected chi connectivity index (χ3v) is 3.40. The Labute approximate surface area is 99.1 Å². The minimum Gasteiger partial charge on any atom is -0.320 e. The summed E-state index contributed by atoms with van der Waals surface area (Å²) in [5, 5.41) is 2.79. The predicted molar refractivity (Wildman–Crippen MR) is 62.3 cm³/mol. The zero-order valence-electron chi connectivity index (χ0n) is 9.33. The number of benzene rings is 1. The van der Waals surface area contributed by atoms with Crippen molar-refractivity contribution >= 4 is 15.7 Å². The van der Waals surface area contributed by atoms with E-state index >= 15 is 0 Å². The van der Waals surface area contributed by atoms with E-state index in [4.69, 9.17) is 0 Å². The normalized spacial score (nSPS) is 11.5. The second-order valence-electron chi connectivity index (χ2n) is 3.47. The Bertz CT molecular complexity index is 457. The van der Waals surface area contributed by atoms with Crippen molar-refractivity contribution in [2.75, 3.05) is 24.1 Å². The van der Waals surface area contributed by atoms with Gasteiger partial charge in [-0.15, -0.1) is 0 Å². The van der Waals surface area contributed by atoms with Gasteiger partial charge in [-0.2, -0.15) is 0 Å². The Morgan fingerprint density at radius 1 is 1.24 bits per heavy atom. The molecule has 96 valence electrons. The molecule has 4 nitrogen and oxygen atoms in total. The molecule has 1 aromatic carbocycles. The lowest BCUT2D eigenvalue weighted by atomic mass is 10.3. The van der Waals surface area contributed by atoms with Gasteiger partial charge in [0.25, 0.3) is 0 Å². The van der Waals surface area contributed by atoms with Crippen molar-refractivity contribution in [3.05, 3.63) is 29.8 Å². The van der Waals surface area contributed by atoms with E-state index in [0.29, 0.717) is 13.0 Å². The van der Waals surface area contributed by atoms with Gasteiger partial charge in [0.1, 0.15) is 17.3 Å². The second-order valence-corrected chi connectivity index (χ2v) is 5.32. The van der Waals surface area contributed by atoms with Crippen molar-refractivity contribution in [3.63, 3.8) is 0 Å². The minimum atomic E-state index is -3.72. The van der Waals surface area contributed by atoms with E-state index < -0.39 is 27.3 Å². The minimum absolute atomic E-state index is 0.193. The van der Waals surface area contributed by atoms with Gasteiger partial charge in [-0.05, 0) is 32.1 Å². The van der Waals surface area contributed by atoms with E-state index in [-0.39, 0.29) is 5.75 Å². The maximum Gasteiger partial charge on any atom is 0.232 e. The summed E-state index contributed by atoms with van der Waals surface area (Å²) >= 11 is 0. The Hall–Kier alpha value is -1.21.